The van der Waals surface area contributed by atoms with Crippen molar-refractivity contribution in [3.63, 3.8) is 0 Å². The van der Waals surface area contributed by atoms with Gasteiger partial charge in [-0.3, -0.25) is 10.1 Å². The molecule has 0 bridgehead atoms. The first kappa shape index (κ1) is 13.8. The highest BCUT2D eigenvalue weighted by molar-refractivity contribution is 9.10. The van der Waals surface area contributed by atoms with Gasteiger partial charge >= 0.3 is 0 Å². The van der Waals surface area contributed by atoms with Crippen molar-refractivity contribution in [1.82, 2.24) is 4.98 Å². The highest BCUT2D eigenvalue weighted by Gasteiger charge is 2.10. The largest absolute Gasteiger partial charge is 0.340 e. The van der Waals surface area contributed by atoms with Crippen LogP contribution < -0.4 is 5.32 Å². The molecule has 0 saturated carbocycles. The topological polar surface area (TPSA) is 68.1 Å². The number of rotatable bonds is 3. The number of halogens is 2. The number of pyridine rings is 1. The Hall–Kier alpha value is -1.66. The molecule has 7 heteroatoms. The maximum Gasteiger partial charge on any atom is 0.276 e. The van der Waals surface area contributed by atoms with E-state index in [-0.39, 0.29) is 10.8 Å². The molecule has 0 aliphatic rings. The van der Waals surface area contributed by atoms with Crippen molar-refractivity contribution < 1.29 is 4.92 Å². The number of benzene rings is 1. The molecule has 2 rings (SSSR count). The SMILES string of the molecule is Cc1cc(Br)cc(Nc2cc([N+](=O)[O-])cc(Cl)n2)c1. The molecule has 2 aromatic rings. The van der Waals surface area contributed by atoms with E-state index in [0.29, 0.717) is 5.82 Å². The molecule has 0 aliphatic carbocycles. The van der Waals surface area contributed by atoms with Gasteiger partial charge in [-0.2, -0.15) is 0 Å². The van der Waals surface area contributed by atoms with Crippen molar-refractivity contribution >= 4 is 44.7 Å². The van der Waals surface area contributed by atoms with E-state index in [1.807, 2.05) is 25.1 Å². The molecule has 98 valence electrons. The summed E-state index contributed by atoms with van der Waals surface area (Å²) in [4.78, 5) is 14.2. The Morgan fingerprint density at radius 3 is 2.68 bits per heavy atom. The van der Waals surface area contributed by atoms with Crippen LogP contribution in [0.4, 0.5) is 17.2 Å². The molecule has 0 atom stereocenters. The summed E-state index contributed by atoms with van der Waals surface area (Å²) in [5, 5.41) is 13.8. The minimum atomic E-state index is -0.509. The number of anilines is 2. The van der Waals surface area contributed by atoms with Crippen LogP contribution in [0.3, 0.4) is 0 Å². The average Bonchev–Trinajstić information content (AvgIpc) is 2.26. The maximum absolute atomic E-state index is 10.7. The van der Waals surface area contributed by atoms with Crippen molar-refractivity contribution in [2.24, 2.45) is 0 Å². The molecule has 0 unspecified atom stereocenters. The molecule has 0 fully saturated rings. The second kappa shape index (κ2) is 5.54. The number of nitro groups is 1. The highest BCUT2D eigenvalue weighted by atomic mass is 79.9. The van der Waals surface area contributed by atoms with Crippen LogP contribution in [0.15, 0.2) is 34.8 Å². The fourth-order valence-corrected chi connectivity index (χ4v) is 2.42. The zero-order valence-electron chi connectivity index (χ0n) is 9.85. The first-order valence-electron chi connectivity index (χ1n) is 5.30. The summed E-state index contributed by atoms with van der Waals surface area (Å²) in [6.07, 6.45) is 0. The molecular formula is C12H9BrClN3O2. The van der Waals surface area contributed by atoms with E-state index >= 15 is 0 Å². The molecule has 1 N–H and O–H groups in total. The van der Waals surface area contributed by atoms with Gasteiger partial charge in [0.2, 0.25) is 0 Å². The predicted octanol–water partition coefficient (Wildman–Crippen LogP) is 4.46. The number of aromatic nitrogens is 1. The van der Waals surface area contributed by atoms with Crippen LogP contribution in [0.25, 0.3) is 0 Å². The second-order valence-electron chi connectivity index (χ2n) is 3.93. The lowest BCUT2D eigenvalue weighted by Gasteiger charge is -2.07. The van der Waals surface area contributed by atoms with Crippen LogP contribution in [-0.4, -0.2) is 9.91 Å². The van der Waals surface area contributed by atoms with Crippen molar-refractivity contribution in [2.75, 3.05) is 5.32 Å². The smallest absolute Gasteiger partial charge is 0.276 e. The summed E-state index contributed by atoms with van der Waals surface area (Å²) in [5.74, 6) is 0.330. The lowest BCUT2D eigenvalue weighted by molar-refractivity contribution is -0.384. The van der Waals surface area contributed by atoms with Gasteiger partial charge in [0.15, 0.2) is 0 Å². The summed E-state index contributed by atoms with van der Waals surface area (Å²) < 4.78 is 0.909. The monoisotopic (exact) mass is 341 g/mol. The zero-order chi connectivity index (χ0) is 14.0. The minimum absolute atomic E-state index is 0.0726. The van der Waals surface area contributed by atoms with Gasteiger partial charge < -0.3 is 5.32 Å². The molecule has 1 aromatic heterocycles. The molecule has 0 saturated heterocycles. The van der Waals surface area contributed by atoms with Crippen LogP contribution in [0.1, 0.15) is 5.56 Å². The molecule has 0 amide bonds. The van der Waals surface area contributed by atoms with E-state index in [9.17, 15) is 10.1 Å². The first-order valence-corrected chi connectivity index (χ1v) is 6.47. The summed E-state index contributed by atoms with van der Waals surface area (Å²) >= 11 is 9.14. The molecule has 5 nitrogen and oxygen atoms in total. The Bertz CT molecular complexity index is 629. The Morgan fingerprint density at radius 2 is 2.05 bits per heavy atom. The zero-order valence-corrected chi connectivity index (χ0v) is 12.2. The van der Waals surface area contributed by atoms with Crippen LogP contribution >= 0.6 is 27.5 Å². The minimum Gasteiger partial charge on any atom is -0.340 e. The Balaban J connectivity index is 2.35. The summed E-state index contributed by atoms with van der Waals surface area (Å²) in [6.45, 7) is 1.95. The van der Waals surface area contributed by atoms with E-state index in [4.69, 9.17) is 11.6 Å². The van der Waals surface area contributed by atoms with E-state index in [2.05, 4.69) is 26.2 Å². The van der Waals surface area contributed by atoms with Crippen LogP contribution in [0.5, 0.6) is 0 Å². The van der Waals surface area contributed by atoms with Crippen molar-refractivity contribution in [3.05, 3.63) is 55.6 Å². The lowest BCUT2D eigenvalue weighted by atomic mass is 10.2. The van der Waals surface area contributed by atoms with Crippen LogP contribution in [-0.2, 0) is 0 Å². The van der Waals surface area contributed by atoms with Crippen molar-refractivity contribution in [1.29, 1.82) is 0 Å². The molecule has 0 aliphatic heterocycles. The Labute approximate surface area is 122 Å². The van der Waals surface area contributed by atoms with Crippen LogP contribution in [0, 0.1) is 17.0 Å². The highest BCUT2D eigenvalue weighted by Crippen LogP contribution is 2.25. The summed E-state index contributed by atoms with van der Waals surface area (Å²) in [6, 6.07) is 8.25. The Morgan fingerprint density at radius 1 is 1.32 bits per heavy atom. The maximum atomic E-state index is 10.7. The number of aryl methyl sites for hydroxylation is 1. The van der Waals surface area contributed by atoms with Crippen LogP contribution in [0.2, 0.25) is 5.15 Å². The molecule has 0 spiro atoms. The molecule has 1 heterocycles. The molecular weight excluding hydrogens is 334 g/mol. The molecule has 19 heavy (non-hydrogen) atoms. The van der Waals surface area contributed by atoms with E-state index < -0.39 is 4.92 Å². The van der Waals surface area contributed by atoms with Gasteiger partial charge in [-0.25, -0.2) is 4.98 Å². The first-order chi connectivity index (χ1) is 8.94. The van der Waals surface area contributed by atoms with E-state index in [1.54, 1.807) is 0 Å². The van der Waals surface area contributed by atoms with Gasteiger partial charge in [-0.1, -0.05) is 27.5 Å². The van der Waals surface area contributed by atoms with Gasteiger partial charge in [-0.15, -0.1) is 0 Å². The van der Waals surface area contributed by atoms with Gasteiger partial charge in [-0.05, 0) is 30.7 Å². The molecule has 0 radical (unpaired) electrons. The standard InChI is InChI=1S/C12H9BrClN3O2/c1-7-2-8(13)4-9(3-7)15-12-6-10(17(18)19)5-11(14)16-12/h2-6H,1H3,(H,15,16). The third kappa shape index (κ3) is 3.65. The average molecular weight is 343 g/mol. The lowest BCUT2D eigenvalue weighted by Crippen LogP contribution is -1.97. The van der Waals surface area contributed by atoms with E-state index in [0.717, 1.165) is 15.7 Å². The number of hydrogen-bond acceptors (Lipinski definition) is 4. The fourth-order valence-electron chi connectivity index (χ4n) is 1.61. The number of nitrogens with one attached hydrogen (secondary N) is 1. The third-order valence-corrected chi connectivity index (χ3v) is 2.96. The van der Waals surface area contributed by atoms with Gasteiger partial charge in [0.1, 0.15) is 11.0 Å². The molecule has 1 aromatic carbocycles. The predicted molar refractivity (Wildman–Crippen MR) is 78.1 cm³/mol. The van der Waals surface area contributed by atoms with Gasteiger partial charge in [0, 0.05) is 10.2 Å². The van der Waals surface area contributed by atoms with Gasteiger partial charge in [0.05, 0.1) is 17.1 Å². The normalized spacial score (nSPS) is 10.3. The summed E-state index contributed by atoms with van der Waals surface area (Å²) in [5.41, 5.74) is 1.72. The van der Waals surface area contributed by atoms with Crippen molar-refractivity contribution in [3.8, 4) is 0 Å². The van der Waals surface area contributed by atoms with Gasteiger partial charge in [0.25, 0.3) is 5.69 Å². The Kier molecular flexibility index (Phi) is 4.01. The van der Waals surface area contributed by atoms with E-state index in [1.165, 1.54) is 12.1 Å². The quantitative estimate of drug-likeness (QED) is 0.508. The third-order valence-electron chi connectivity index (χ3n) is 2.30. The van der Waals surface area contributed by atoms with Crippen molar-refractivity contribution in [2.45, 2.75) is 6.92 Å². The number of nitrogens with zero attached hydrogens (tertiary/aromatic N) is 2. The number of hydrogen-bond donors (Lipinski definition) is 1. The fraction of sp³-hybridized carbons (Fsp3) is 0.0833. The summed E-state index contributed by atoms with van der Waals surface area (Å²) in [7, 11) is 0. The second-order valence-corrected chi connectivity index (χ2v) is 5.24.